The number of carbonyl (C=O) groups is 1. The van der Waals surface area contributed by atoms with E-state index in [0.717, 1.165) is 16.8 Å². The number of nitrogens with zero attached hydrogens (tertiary/aromatic N) is 2. The van der Waals surface area contributed by atoms with Crippen LogP contribution in [0.25, 0.3) is 11.3 Å². The lowest BCUT2D eigenvalue weighted by molar-refractivity contribution is -0.111. The van der Waals surface area contributed by atoms with Gasteiger partial charge in [0.05, 0.1) is 5.69 Å². The molecule has 0 fully saturated rings. The summed E-state index contributed by atoms with van der Waals surface area (Å²) >= 11 is 0. The van der Waals surface area contributed by atoms with Gasteiger partial charge < -0.3 is 15.4 Å². The fourth-order valence-electron chi connectivity index (χ4n) is 2.66. The Morgan fingerprint density at radius 3 is 2.57 bits per heavy atom. The number of aromatic nitrogens is 2. The average molecular weight is 410 g/mol. The van der Waals surface area contributed by atoms with Gasteiger partial charge in [-0.3, -0.25) is 9.59 Å². The third-order valence-corrected chi connectivity index (χ3v) is 4.09. The Bertz CT molecular complexity index is 1230. The molecule has 0 saturated heterocycles. The van der Waals surface area contributed by atoms with Gasteiger partial charge in [-0.1, -0.05) is 0 Å². The van der Waals surface area contributed by atoms with E-state index in [9.17, 15) is 18.4 Å². The summed E-state index contributed by atoms with van der Waals surface area (Å²) in [7, 11) is 3.05. The first-order valence-electron chi connectivity index (χ1n) is 8.63. The van der Waals surface area contributed by atoms with Gasteiger partial charge in [-0.05, 0) is 42.3 Å². The van der Waals surface area contributed by atoms with Crippen molar-refractivity contribution in [2.75, 3.05) is 17.7 Å². The molecule has 152 valence electrons. The van der Waals surface area contributed by atoms with E-state index in [1.807, 2.05) is 5.92 Å². The van der Waals surface area contributed by atoms with Gasteiger partial charge in [0.2, 0.25) is 0 Å². The number of anilines is 2. The molecule has 1 aromatic heterocycles. The number of nitrogens with one attached hydrogen (secondary N) is 2. The van der Waals surface area contributed by atoms with E-state index in [1.165, 1.54) is 31.3 Å². The van der Waals surface area contributed by atoms with Crippen LogP contribution in [0, 0.1) is 24.0 Å². The van der Waals surface area contributed by atoms with Gasteiger partial charge in [-0.2, -0.15) is 5.10 Å². The summed E-state index contributed by atoms with van der Waals surface area (Å²) < 4.78 is 34.0. The monoisotopic (exact) mass is 410 g/mol. The van der Waals surface area contributed by atoms with Crippen LogP contribution in [0.3, 0.4) is 0 Å². The van der Waals surface area contributed by atoms with Crippen molar-refractivity contribution in [2.24, 2.45) is 7.05 Å². The first kappa shape index (κ1) is 20.5. The minimum absolute atomic E-state index is 0.160. The number of hydrogen-bond acceptors (Lipinski definition) is 5. The van der Waals surface area contributed by atoms with Crippen LogP contribution in [0.5, 0.6) is 11.5 Å². The molecular formula is C21H16F2N4O3. The number of ether oxygens (including phenoxy) is 1. The van der Waals surface area contributed by atoms with Crippen molar-refractivity contribution in [3.63, 3.8) is 0 Å². The Labute approximate surface area is 170 Å². The van der Waals surface area contributed by atoms with Crippen LogP contribution < -0.4 is 20.9 Å². The molecule has 3 aromatic rings. The van der Waals surface area contributed by atoms with E-state index in [-0.39, 0.29) is 22.7 Å². The molecule has 2 aromatic carbocycles. The second-order valence-corrected chi connectivity index (χ2v) is 6.11. The lowest BCUT2D eigenvalue weighted by atomic mass is 10.1. The fraction of sp³-hybridized carbons (Fsp3) is 0.0952. The SMILES string of the molecule is C#CC(=O)Nc1ccc(Oc2ccc(F)cc2F)c(-c2cc(NC)c(=O)n(C)n2)c1. The lowest BCUT2D eigenvalue weighted by Gasteiger charge is -2.14. The molecular weight excluding hydrogens is 394 g/mol. The molecule has 1 amide bonds. The van der Waals surface area contributed by atoms with E-state index in [0.29, 0.717) is 23.0 Å². The molecule has 0 radical (unpaired) electrons. The van der Waals surface area contributed by atoms with Crippen LogP contribution >= 0.6 is 0 Å². The number of rotatable bonds is 5. The largest absolute Gasteiger partial charge is 0.454 e. The van der Waals surface area contributed by atoms with E-state index in [1.54, 1.807) is 7.05 Å². The summed E-state index contributed by atoms with van der Waals surface area (Å²) in [6.45, 7) is 0. The second-order valence-electron chi connectivity index (χ2n) is 6.11. The highest BCUT2D eigenvalue weighted by Crippen LogP contribution is 2.36. The summed E-state index contributed by atoms with van der Waals surface area (Å²) in [5.41, 5.74) is 0.877. The smallest absolute Gasteiger partial charge is 0.300 e. The second kappa shape index (κ2) is 8.45. The number of amides is 1. The van der Waals surface area contributed by atoms with Crippen LogP contribution in [0.15, 0.2) is 47.3 Å². The van der Waals surface area contributed by atoms with E-state index < -0.39 is 17.5 Å². The Hall–Kier alpha value is -4.19. The van der Waals surface area contributed by atoms with Crippen molar-refractivity contribution in [1.29, 1.82) is 0 Å². The standard InChI is InChI=1S/C21H16F2N4O3/c1-4-20(28)25-13-6-8-18(30-19-7-5-12(22)9-15(19)23)14(10-13)16-11-17(24-2)21(29)27(3)26-16/h1,5-11,24H,2-3H3,(H,25,28). The van der Waals surface area contributed by atoms with E-state index in [4.69, 9.17) is 11.2 Å². The first-order valence-corrected chi connectivity index (χ1v) is 8.63. The summed E-state index contributed by atoms with van der Waals surface area (Å²) in [6.07, 6.45) is 5.09. The van der Waals surface area contributed by atoms with Gasteiger partial charge in [0.25, 0.3) is 11.5 Å². The highest BCUT2D eigenvalue weighted by atomic mass is 19.1. The molecule has 2 N–H and O–H groups in total. The Morgan fingerprint density at radius 2 is 1.90 bits per heavy atom. The molecule has 3 rings (SSSR count). The van der Waals surface area contributed by atoms with E-state index in [2.05, 4.69) is 15.7 Å². The Balaban J connectivity index is 2.15. The molecule has 7 nitrogen and oxygen atoms in total. The summed E-state index contributed by atoms with van der Waals surface area (Å²) in [6, 6.07) is 8.86. The molecule has 0 aliphatic heterocycles. The topological polar surface area (TPSA) is 85.3 Å². The van der Waals surface area contributed by atoms with Gasteiger partial charge >= 0.3 is 0 Å². The van der Waals surface area contributed by atoms with Crippen molar-refractivity contribution >= 4 is 17.3 Å². The molecule has 0 bridgehead atoms. The van der Waals surface area contributed by atoms with Crippen LogP contribution in [0.4, 0.5) is 20.2 Å². The zero-order valence-electron chi connectivity index (χ0n) is 16.0. The average Bonchev–Trinajstić information content (AvgIpc) is 2.72. The number of halogens is 2. The predicted octanol–water partition coefficient (Wildman–Crippen LogP) is 3.13. The third kappa shape index (κ3) is 4.28. The molecule has 0 saturated carbocycles. The minimum atomic E-state index is -0.894. The van der Waals surface area contributed by atoms with Crippen LogP contribution in [0.2, 0.25) is 0 Å². The number of carbonyl (C=O) groups excluding carboxylic acids is 1. The maximum absolute atomic E-state index is 14.1. The maximum atomic E-state index is 14.1. The highest BCUT2D eigenvalue weighted by Gasteiger charge is 2.16. The minimum Gasteiger partial charge on any atom is -0.454 e. The molecule has 0 atom stereocenters. The number of hydrogen-bond donors (Lipinski definition) is 2. The van der Waals surface area contributed by atoms with Gasteiger partial charge in [-0.15, -0.1) is 6.42 Å². The molecule has 30 heavy (non-hydrogen) atoms. The first-order chi connectivity index (χ1) is 14.3. The van der Waals surface area contributed by atoms with Crippen molar-refractivity contribution in [3.05, 3.63) is 64.5 Å². The Morgan fingerprint density at radius 1 is 1.17 bits per heavy atom. The van der Waals surface area contributed by atoms with Crippen molar-refractivity contribution in [1.82, 2.24) is 9.78 Å². The number of benzene rings is 2. The van der Waals surface area contributed by atoms with Crippen LogP contribution in [0.1, 0.15) is 0 Å². The quantitative estimate of drug-likeness (QED) is 0.632. The third-order valence-electron chi connectivity index (χ3n) is 4.09. The van der Waals surface area contributed by atoms with Gasteiger partial charge in [0, 0.05) is 31.4 Å². The Kier molecular flexibility index (Phi) is 5.78. The van der Waals surface area contributed by atoms with Crippen molar-refractivity contribution in [2.45, 2.75) is 0 Å². The lowest BCUT2D eigenvalue weighted by Crippen LogP contribution is -2.22. The van der Waals surface area contributed by atoms with Gasteiger partial charge in [0.15, 0.2) is 11.6 Å². The number of terminal acetylenes is 1. The summed E-state index contributed by atoms with van der Waals surface area (Å²) in [4.78, 5) is 23.7. The fourth-order valence-corrected chi connectivity index (χ4v) is 2.66. The van der Waals surface area contributed by atoms with Crippen molar-refractivity contribution in [3.8, 4) is 35.1 Å². The molecule has 9 heteroatoms. The molecule has 0 unspecified atom stereocenters. The van der Waals surface area contributed by atoms with Gasteiger partial charge in [0.1, 0.15) is 17.3 Å². The summed E-state index contributed by atoms with van der Waals surface area (Å²) in [5, 5.41) is 9.48. The highest BCUT2D eigenvalue weighted by molar-refractivity contribution is 6.03. The summed E-state index contributed by atoms with van der Waals surface area (Å²) in [5.74, 6) is -0.416. The normalized spacial score (nSPS) is 10.2. The van der Waals surface area contributed by atoms with Crippen molar-refractivity contribution < 1.29 is 18.3 Å². The maximum Gasteiger partial charge on any atom is 0.300 e. The molecule has 0 aliphatic rings. The predicted molar refractivity (Wildman–Crippen MR) is 108 cm³/mol. The van der Waals surface area contributed by atoms with E-state index >= 15 is 0 Å². The van der Waals surface area contributed by atoms with Crippen LogP contribution in [-0.4, -0.2) is 22.7 Å². The van der Waals surface area contributed by atoms with Crippen LogP contribution in [-0.2, 0) is 11.8 Å². The number of aryl methyl sites for hydroxylation is 1. The molecule has 0 aliphatic carbocycles. The molecule has 1 heterocycles. The van der Waals surface area contributed by atoms with Gasteiger partial charge in [-0.25, -0.2) is 13.5 Å². The zero-order valence-corrected chi connectivity index (χ0v) is 16.0. The zero-order chi connectivity index (χ0) is 21.8. The molecule has 0 spiro atoms.